The summed E-state index contributed by atoms with van der Waals surface area (Å²) in [5.41, 5.74) is 2.59. The Labute approximate surface area is 152 Å². The van der Waals surface area contributed by atoms with E-state index in [4.69, 9.17) is 4.99 Å². The minimum absolute atomic E-state index is 0.305. The van der Waals surface area contributed by atoms with Gasteiger partial charge in [0.05, 0.1) is 19.1 Å². The third-order valence-corrected chi connectivity index (χ3v) is 4.96. The number of rotatable bonds is 8. The van der Waals surface area contributed by atoms with Crippen molar-refractivity contribution in [3.05, 3.63) is 66.2 Å². The van der Waals surface area contributed by atoms with E-state index < -0.39 is 0 Å². The second-order valence-electron chi connectivity index (χ2n) is 6.69. The molecule has 0 amide bonds. The lowest BCUT2D eigenvalue weighted by Gasteiger charge is -2.34. The Morgan fingerprint density at radius 1 is 1.04 bits per heavy atom. The topological polar surface area (TPSA) is 18.8 Å². The van der Waals surface area contributed by atoms with Gasteiger partial charge < -0.3 is 9.80 Å². The van der Waals surface area contributed by atoms with Crippen LogP contribution in [0.5, 0.6) is 0 Å². The first-order chi connectivity index (χ1) is 12.3. The molecule has 0 bridgehead atoms. The van der Waals surface area contributed by atoms with Crippen LogP contribution in [0.3, 0.4) is 0 Å². The zero-order chi connectivity index (χ0) is 17.5. The molecule has 0 N–H and O–H groups in total. The molecule has 0 saturated carbocycles. The lowest BCUT2D eigenvalue weighted by atomic mass is 10.1. The van der Waals surface area contributed by atoms with Crippen LogP contribution in [-0.4, -0.2) is 36.9 Å². The molecular weight excluding hydrogens is 306 g/mol. The molecule has 3 nitrogen and oxygen atoms in total. The van der Waals surface area contributed by atoms with E-state index in [1.165, 1.54) is 29.9 Å². The SMILES string of the molecule is CCCCN1CCN=C1CN(c1ccccc1)C(C)c1ccccc1. The number of aliphatic imine (C=N–C) groups is 1. The van der Waals surface area contributed by atoms with Crippen LogP contribution in [0.4, 0.5) is 5.69 Å². The van der Waals surface area contributed by atoms with Gasteiger partial charge in [-0.1, -0.05) is 61.9 Å². The van der Waals surface area contributed by atoms with Gasteiger partial charge in [0.15, 0.2) is 0 Å². The quantitative estimate of drug-likeness (QED) is 0.692. The summed E-state index contributed by atoms with van der Waals surface area (Å²) < 4.78 is 0. The molecule has 1 aliphatic heterocycles. The average molecular weight is 335 g/mol. The van der Waals surface area contributed by atoms with Crippen LogP contribution in [-0.2, 0) is 0 Å². The van der Waals surface area contributed by atoms with E-state index in [1.807, 2.05) is 0 Å². The first-order valence-electron chi connectivity index (χ1n) is 9.44. The van der Waals surface area contributed by atoms with Crippen molar-refractivity contribution in [1.29, 1.82) is 0 Å². The molecule has 1 aliphatic rings. The standard InChI is InChI=1S/C22H29N3/c1-3-4-16-24-17-15-23-22(24)18-25(21-13-9-6-10-14-21)19(2)20-11-7-5-8-12-20/h5-14,19H,3-4,15-18H2,1-2H3. The molecule has 1 unspecified atom stereocenters. The van der Waals surface area contributed by atoms with Crippen LogP contribution in [0.15, 0.2) is 65.7 Å². The van der Waals surface area contributed by atoms with Gasteiger partial charge in [0, 0.05) is 18.8 Å². The van der Waals surface area contributed by atoms with E-state index in [0.29, 0.717) is 6.04 Å². The Balaban J connectivity index is 1.82. The molecule has 2 aromatic rings. The maximum Gasteiger partial charge on any atom is 0.119 e. The minimum atomic E-state index is 0.305. The van der Waals surface area contributed by atoms with Crippen molar-refractivity contribution >= 4 is 11.5 Å². The van der Waals surface area contributed by atoms with Crippen LogP contribution in [0, 0.1) is 0 Å². The number of hydrogen-bond donors (Lipinski definition) is 0. The molecule has 25 heavy (non-hydrogen) atoms. The van der Waals surface area contributed by atoms with Gasteiger partial charge in [-0.05, 0) is 31.0 Å². The number of hydrogen-bond acceptors (Lipinski definition) is 3. The van der Waals surface area contributed by atoms with Crippen LogP contribution in [0.2, 0.25) is 0 Å². The maximum atomic E-state index is 4.81. The highest BCUT2D eigenvalue weighted by atomic mass is 15.3. The molecule has 2 aromatic carbocycles. The Kier molecular flexibility index (Phi) is 6.10. The van der Waals surface area contributed by atoms with Crippen LogP contribution < -0.4 is 4.90 Å². The summed E-state index contributed by atoms with van der Waals surface area (Å²) in [6.07, 6.45) is 2.46. The second kappa shape index (κ2) is 8.70. The number of anilines is 1. The van der Waals surface area contributed by atoms with Gasteiger partial charge in [0.2, 0.25) is 0 Å². The van der Waals surface area contributed by atoms with Crippen molar-refractivity contribution in [2.45, 2.75) is 32.7 Å². The summed E-state index contributed by atoms with van der Waals surface area (Å²) >= 11 is 0. The Hall–Kier alpha value is -2.29. The number of benzene rings is 2. The summed E-state index contributed by atoms with van der Waals surface area (Å²) in [7, 11) is 0. The van der Waals surface area contributed by atoms with Gasteiger partial charge >= 0.3 is 0 Å². The monoisotopic (exact) mass is 335 g/mol. The molecule has 0 radical (unpaired) electrons. The first kappa shape index (κ1) is 17.5. The van der Waals surface area contributed by atoms with Crippen LogP contribution in [0.1, 0.15) is 38.3 Å². The average Bonchev–Trinajstić information content (AvgIpc) is 3.12. The van der Waals surface area contributed by atoms with Gasteiger partial charge in [-0.2, -0.15) is 0 Å². The van der Waals surface area contributed by atoms with E-state index in [1.54, 1.807) is 0 Å². The van der Waals surface area contributed by atoms with Crippen molar-refractivity contribution in [2.75, 3.05) is 31.1 Å². The molecule has 132 valence electrons. The molecular formula is C22H29N3. The van der Waals surface area contributed by atoms with E-state index >= 15 is 0 Å². The van der Waals surface area contributed by atoms with Gasteiger partial charge in [-0.3, -0.25) is 4.99 Å². The second-order valence-corrected chi connectivity index (χ2v) is 6.69. The summed E-state index contributed by atoms with van der Waals surface area (Å²) in [5, 5.41) is 0. The minimum Gasteiger partial charge on any atom is -0.357 e. The van der Waals surface area contributed by atoms with Crippen LogP contribution in [0.25, 0.3) is 0 Å². The fraction of sp³-hybridized carbons (Fsp3) is 0.409. The Bertz CT molecular complexity index is 666. The van der Waals surface area contributed by atoms with E-state index in [-0.39, 0.29) is 0 Å². The van der Waals surface area contributed by atoms with Crippen molar-refractivity contribution in [2.24, 2.45) is 4.99 Å². The van der Waals surface area contributed by atoms with Crippen molar-refractivity contribution < 1.29 is 0 Å². The third-order valence-electron chi connectivity index (χ3n) is 4.96. The normalized spacial score (nSPS) is 15.1. The van der Waals surface area contributed by atoms with Gasteiger partial charge in [-0.25, -0.2) is 0 Å². The highest BCUT2D eigenvalue weighted by molar-refractivity contribution is 5.88. The Morgan fingerprint density at radius 3 is 2.40 bits per heavy atom. The van der Waals surface area contributed by atoms with E-state index in [9.17, 15) is 0 Å². The fourth-order valence-corrected chi connectivity index (χ4v) is 3.40. The molecule has 0 aromatic heterocycles. The van der Waals surface area contributed by atoms with E-state index in [0.717, 1.165) is 26.2 Å². The number of unbranched alkanes of at least 4 members (excludes halogenated alkanes) is 1. The molecule has 0 fully saturated rings. The molecule has 3 rings (SSSR count). The Morgan fingerprint density at radius 2 is 1.72 bits per heavy atom. The zero-order valence-corrected chi connectivity index (χ0v) is 15.4. The highest BCUT2D eigenvalue weighted by Crippen LogP contribution is 2.27. The summed E-state index contributed by atoms with van der Waals surface area (Å²) in [6, 6.07) is 21.8. The predicted molar refractivity (Wildman–Crippen MR) is 107 cm³/mol. The van der Waals surface area contributed by atoms with Crippen LogP contribution >= 0.6 is 0 Å². The highest BCUT2D eigenvalue weighted by Gasteiger charge is 2.23. The lowest BCUT2D eigenvalue weighted by Crippen LogP contribution is -2.40. The third kappa shape index (κ3) is 4.41. The summed E-state index contributed by atoms with van der Waals surface area (Å²) in [5.74, 6) is 1.24. The van der Waals surface area contributed by atoms with Crippen molar-refractivity contribution in [3.8, 4) is 0 Å². The molecule has 0 aliphatic carbocycles. The van der Waals surface area contributed by atoms with Crippen molar-refractivity contribution in [3.63, 3.8) is 0 Å². The van der Waals surface area contributed by atoms with Gasteiger partial charge in [0.1, 0.15) is 5.84 Å². The largest absolute Gasteiger partial charge is 0.357 e. The predicted octanol–water partition coefficient (Wildman–Crippen LogP) is 4.77. The fourth-order valence-electron chi connectivity index (χ4n) is 3.40. The first-order valence-corrected chi connectivity index (χ1v) is 9.44. The zero-order valence-electron chi connectivity index (χ0n) is 15.4. The molecule has 0 saturated heterocycles. The summed E-state index contributed by atoms with van der Waals surface area (Å²) in [6.45, 7) is 8.52. The molecule has 1 heterocycles. The van der Waals surface area contributed by atoms with Crippen molar-refractivity contribution in [1.82, 2.24) is 4.90 Å². The molecule has 3 heteroatoms. The summed E-state index contributed by atoms with van der Waals surface area (Å²) in [4.78, 5) is 9.75. The van der Waals surface area contributed by atoms with E-state index in [2.05, 4.69) is 84.3 Å². The van der Waals surface area contributed by atoms with Gasteiger partial charge in [0.25, 0.3) is 0 Å². The van der Waals surface area contributed by atoms with Gasteiger partial charge in [-0.15, -0.1) is 0 Å². The molecule has 0 spiro atoms. The number of amidine groups is 1. The smallest absolute Gasteiger partial charge is 0.119 e. The number of nitrogens with zero attached hydrogens (tertiary/aromatic N) is 3. The molecule has 1 atom stereocenters. The lowest BCUT2D eigenvalue weighted by molar-refractivity contribution is 0.436. The number of para-hydroxylation sites is 1. The maximum absolute atomic E-state index is 4.81.